The lowest BCUT2D eigenvalue weighted by Gasteiger charge is -2.18. The Morgan fingerprint density at radius 2 is 1.65 bits per heavy atom. The molecule has 0 aromatic carbocycles. The second-order valence-corrected chi connectivity index (χ2v) is 6.12. The molecule has 0 aliphatic heterocycles. The van der Waals surface area contributed by atoms with Gasteiger partial charge in [-0.3, -0.25) is 0 Å². The number of aromatic nitrogens is 3. The van der Waals surface area contributed by atoms with Crippen molar-refractivity contribution in [1.29, 1.82) is 0 Å². The first-order valence-corrected chi connectivity index (χ1v) is 7.79. The van der Waals surface area contributed by atoms with Gasteiger partial charge in [-0.05, 0) is 32.6 Å². The number of nitrogens with one attached hydrogen (secondary N) is 2. The number of rotatable bonds is 6. The van der Waals surface area contributed by atoms with Crippen LogP contribution in [0.5, 0.6) is 0 Å². The SMILES string of the molecule is CC(CF)Nc1nc(C#CC2(C(F)F)CC2)nc(NC(C)C(F)(F)F)n1. The first kappa shape index (κ1) is 20.1. The van der Waals surface area contributed by atoms with Crippen LogP contribution in [-0.4, -0.2) is 46.3 Å². The maximum absolute atomic E-state index is 12.9. The number of halogens is 6. The van der Waals surface area contributed by atoms with Gasteiger partial charge in [0.25, 0.3) is 6.43 Å². The summed E-state index contributed by atoms with van der Waals surface area (Å²) in [6, 6.07) is -2.67. The van der Waals surface area contributed by atoms with Gasteiger partial charge in [-0.25, -0.2) is 13.2 Å². The molecule has 0 spiro atoms. The summed E-state index contributed by atoms with van der Waals surface area (Å²) in [4.78, 5) is 11.3. The summed E-state index contributed by atoms with van der Waals surface area (Å²) < 4.78 is 76.5. The van der Waals surface area contributed by atoms with Crippen molar-refractivity contribution >= 4 is 11.9 Å². The molecule has 5 nitrogen and oxygen atoms in total. The lowest BCUT2D eigenvalue weighted by Crippen LogP contribution is -2.34. The topological polar surface area (TPSA) is 62.7 Å². The van der Waals surface area contributed by atoms with Crippen LogP contribution in [0, 0.1) is 17.3 Å². The maximum Gasteiger partial charge on any atom is 0.408 e. The first-order chi connectivity index (χ1) is 12.1. The molecular weight excluding hydrogens is 364 g/mol. The summed E-state index contributed by atoms with van der Waals surface area (Å²) in [6.45, 7) is 1.56. The summed E-state index contributed by atoms with van der Waals surface area (Å²) in [7, 11) is 0. The first-order valence-electron chi connectivity index (χ1n) is 7.79. The van der Waals surface area contributed by atoms with Gasteiger partial charge in [-0.15, -0.1) is 0 Å². The van der Waals surface area contributed by atoms with E-state index in [0.29, 0.717) is 0 Å². The van der Waals surface area contributed by atoms with Crippen molar-refractivity contribution in [3.63, 3.8) is 0 Å². The highest BCUT2D eigenvalue weighted by Crippen LogP contribution is 2.50. The van der Waals surface area contributed by atoms with Crippen molar-refractivity contribution < 1.29 is 26.3 Å². The molecule has 11 heteroatoms. The third-order valence-electron chi connectivity index (χ3n) is 3.71. The van der Waals surface area contributed by atoms with E-state index in [9.17, 15) is 26.3 Å². The largest absolute Gasteiger partial charge is 0.408 e. The molecule has 1 fully saturated rings. The molecule has 2 N–H and O–H groups in total. The minimum atomic E-state index is -4.55. The highest BCUT2D eigenvalue weighted by atomic mass is 19.4. The predicted octanol–water partition coefficient (Wildman–Crippen LogP) is 3.40. The molecule has 144 valence electrons. The lowest BCUT2D eigenvalue weighted by atomic mass is 10.1. The third kappa shape index (κ3) is 5.12. The van der Waals surface area contributed by atoms with Crippen LogP contribution in [0.2, 0.25) is 0 Å². The number of anilines is 2. The molecule has 0 radical (unpaired) electrons. The third-order valence-corrected chi connectivity index (χ3v) is 3.71. The molecular formula is C15H17F6N5. The number of alkyl halides is 6. The minimum Gasteiger partial charge on any atom is -0.349 e. The van der Waals surface area contributed by atoms with Gasteiger partial charge in [-0.1, -0.05) is 5.92 Å². The standard InChI is InChI=1S/C15H17F6N5/c1-8(7-16)22-12-24-10(3-4-14(5-6-14)11(17)18)25-13(26-12)23-9(2)15(19,20)21/h8-9,11H,5-7H2,1-2H3,(H2,22,23,24,25,26). The van der Waals surface area contributed by atoms with Crippen molar-refractivity contribution in [3.8, 4) is 11.8 Å². The Morgan fingerprint density at radius 3 is 2.12 bits per heavy atom. The molecule has 1 aliphatic rings. The molecule has 0 bridgehead atoms. The van der Waals surface area contributed by atoms with E-state index in [2.05, 4.69) is 37.4 Å². The Labute approximate surface area is 146 Å². The van der Waals surface area contributed by atoms with E-state index in [1.54, 1.807) is 0 Å². The van der Waals surface area contributed by atoms with E-state index in [4.69, 9.17) is 0 Å². The monoisotopic (exact) mass is 381 g/mol. The molecule has 1 aliphatic carbocycles. The fourth-order valence-corrected chi connectivity index (χ4v) is 1.81. The van der Waals surface area contributed by atoms with E-state index in [-0.39, 0.29) is 24.6 Å². The summed E-state index contributed by atoms with van der Waals surface area (Å²) in [6.07, 6.45) is -6.73. The summed E-state index contributed by atoms with van der Waals surface area (Å²) in [5.74, 6) is 3.83. The van der Waals surface area contributed by atoms with Crippen LogP contribution in [0.25, 0.3) is 0 Å². The number of hydrogen-bond donors (Lipinski definition) is 2. The highest BCUT2D eigenvalue weighted by molar-refractivity contribution is 5.40. The minimum absolute atomic E-state index is 0.201. The van der Waals surface area contributed by atoms with Gasteiger partial charge < -0.3 is 10.6 Å². The van der Waals surface area contributed by atoms with Gasteiger partial charge in [0.15, 0.2) is 0 Å². The smallest absolute Gasteiger partial charge is 0.349 e. The fraction of sp³-hybridized carbons (Fsp3) is 0.667. The van der Waals surface area contributed by atoms with Gasteiger partial charge in [-0.2, -0.15) is 28.1 Å². The molecule has 2 atom stereocenters. The number of hydrogen-bond acceptors (Lipinski definition) is 5. The quantitative estimate of drug-likeness (QED) is 0.584. The van der Waals surface area contributed by atoms with Crippen molar-refractivity contribution in [2.24, 2.45) is 5.41 Å². The molecule has 0 saturated heterocycles. The van der Waals surface area contributed by atoms with Crippen LogP contribution in [-0.2, 0) is 0 Å². The predicted molar refractivity (Wildman–Crippen MR) is 82.6 cm³/mol. The van der Waals surface area contributed by atoms with Crippen molar-refractivity contribution in [2.45, 2.75) is 51.4 Å². The van der Waals surface area contributed by atoms with Gasteiger partial charge in [0.05, 0.1) is 11.5 Å². The zero-order valence-electron chi connectivity index (χ0n) is 14.0. The maximum atomic E-state index is 12.9. The molecule has 1 aromatic heterocycles. The van der Waals surface area contributed by atoms with Crippen LogP contribution in [0.15, 0.2) is 0 Å². The molecule has 2 rings (SSSR count). The van der Waals surface area contributed by atoms with E-state index in [1.807, 2.05) is 0 Å². The Bertz CT molecular complexity index is 692. The molecule has 1 heterocycles. The Kier molecular flexibility index (Phi) is 5.83. The Balaban J connectivity index is 2.30. The van der Waals surface area contributed by atoms with Crippen molar-refractivity contribution in [1.82, 2.24) is 15.0 Å². The van der Waals surface area contributed by atoms with Crippen LogP contribution >= 0.6 is 0 Å². The molecule has 1 saturated carbocycles. The zero-order valence-corrected chi connectivity index (χ0v) is 14.0. The Morgan fingerprint density at radius 1 is 1.08 bits per heavy atom. The lowest BCUT2D eigenvalue weighted by molar-refractivity contribution is -0.138. The summed E-state index contributed by atoms with van der Waals surface area (Å²) in [5, 5.41) is 4.60. The van der Waals surface area contributed by atoms with E-state index < -0.39 is 42.7 Å². The zero-order chi connectivity index (χ0) is 19.5. The molecule has 1 aromatic rings. The highest BCUT2D eigenvalue weighted by Gasteiger charge is 2.50. The van der Waals surface area contributed by atoms with Gasteiger partial charge in [0.1, 0.15) is 12.7 Å². The molecule has 26 heavy (non-hydrogen) atoms. The summed E-state index contributed by atoms with van der Waals surface area (Å²) >= 11 is 0. The van der Waals surface area contributed by atoms with Crippen LogP contribution in [0.1, 0.15) is 32.5 Å². The van der Waals surface area contributed by atoms with Crippen LogP contribution < -0.4 is 10.6 Å². The van der Waals surface area contributed by atoms with Gasteiger partial charge in [0.2, 0.25) is 17.7 Å². The molecule has 0 amide bonds. The second-order valence-electron chi connectivity index (χ2n) is 6.12. The van der Waals surface area contributed by atoms with Crippen LogP contribution in [0.4, 0.5) is 38.2 Å². The summed E-state index contributed by atoms with van der Waals surface area (Å²) in [5.41, 5.74) is -1.42. The van der Waals surface area contributed by atoms with Crippen molar-refractivity contribution in [3.05, 3.63) is 5.82 Å². The van der Waals surface area contributed by atoms with Gasteiger partial charge in [0, 0.05) is 0 Å². The normalized spacial score (nSPS) is 17.9. The van der Waals surface area contributed by atoms with E-state index in [1.165, 1.54) is 6.92 Å². The average molecular weight is 381 g/mol. The van der Waals surface area contributed by atoms with E-state index in [0.717, 1.165) is 6.92 Å². The van der Waals surface area contributed by atoms with Crippen LogP contribution in [0.3, 0.4) is 0 Å². The second kappa shape index (κ2) is 7.55. The fourth-order valence-electron chi connectivity index (χ4n) is 1.81. The Hall–Kier alpha value is -2.25. The number of nitrogens with zero attached hydrogens (tertiary/aromatic N) is 3. The van der Waals surface area contributed by atoms with E-state index >= 15 is 0 Å². The average Bonchev–Trinajstić information content (AvgIpc) is 3.33. The molecule has 2 unspecified atom stereocenters. The van der Waals surface area contributed by atoms with Crippen molar-refractivity contribution in [2.75, 3.05) is 17.3 Å². The van der Waals surface area contributed by atoms with Gasteiger partial charge >= 0.3 is 6.18 Å².